The Balaban J connectivity index is 2.11. The van der Waals surface area contributed by atoms with E-state index in [9.17, 15) is 0 Å². The van der Waals surface area contributed by atoms with E-state index in [4.69, 9.17) is 11.6 Å². The Morgan fingerprint density at radius 1 is 1.43 bits per heavy atom. The summed E-state index contributed by atoms with van der Waals surface area (Å²) in [5, 5.41) is 9.89. The molecule has 5 heteroatoms. The Bertz CT molecular complexity index is 441. The lowest BCUT2D eigenvalue weighted by atomic mass is 10.0. The third-order valence-corrected chi connectivity index (χ3v) is 6.19. The lowest BCUT2D eigenvalue weighted by Crippen LogP contribution is -2.42. The number of hydrogen-bond donors (Lipinski definition) is 1. The van der Waals surface area contributed by atoms with Gasteiger partial charge in [0.25, 0.3) is 0 Å². The van der Waals surface area contributed by atoms with Crippen LogP contribution in [0.4, 0.5) is 0 Å². The van der Waals surface area contributed by atoms with Gasteiger partial charge >= 0.3 is 0 Å². The average molecular weight is 330 g/mol. The molecule has 1 aromatic rings. The van der Waals surface area contributed by atoms with Gasteiger partial charge in [-0.05, 0) is 38.0 Å². The van der Waals surface area contributed by atoms with Crippen molar-refractivity contribution in [2.75, 3.05) is 12.3 Å². The van der Waals surface area contributed by atoms with Crippen LogP contribution in [0.2, 0.25) is 5.02 Å². The molecule has 2 unspecified atom stereocenters. The van der Waals surface area contributed by atoms with Crippen molar-refractivity contribution < 1.29 is 0 Å². The standard InChI is InChI=1S/C16H28ClN3S/c1-4-9-18-13(15-8-6-7-10-21-15)11-14-16(17)12(5-2)19-20(14)3/h13,15,18H,4-11H2,1-3H3. The van der Waals surface area contributed by atoms with Crippen LogP contribution >= 0.6 is 23.4 Å². The van der Waals surface area contributed by atoms with Crippen molar-refractivity contribution in [3.05, 3.63) is 16.4 Å². The summed E-state index contributed by atoms with van der Waals surface area (Å²) < 4.78 is 1.98. The molecule has 1 N–H and O–H groups in total. The largest absolute Gasteiger partial charge is 0.312 e. The predicted molar refractivity (Wildman–Crippen MR) is 93.5 cm³/mol. The quantitative estimate of drug-likeness (QED) is 0.824. The van der Waals surface area contributed by atoms with E-state index in [1.54, 1.807) is 0 Å². The van der Waals surface area contributed by atoms with Gasteiger partial charge in [0.05, 0.1) is 16.4 Å². The zero-order valence-corrected chi connectivity index (χ0v) is 15.1. The average Bonchev–Trinajstić information content (AvgIpc) is 2.79. The third kappa shape index (κ3) is 4.40. The van der Waals surface area contributed by atoms with Crippen molar-refractivity contribution in [3.8, 4) is 0 Å². The van der Waals surface area contributed by atoms with Crippen molar-refractivity contribution in [1.29, 1.82) is 0 Å². The first kappa shape index (κ1) is 17.2. The monoisotopic (exact) mass is 329 g/mol. The lowest BCUT2D eigenvalue weighted by molar-refractivity contribution is 0.451. The molecule has 0 radical (unpaired) electrons. The first-order chi connectivity index (χ1) is 10.2. The highest BCUT2D eigenvalue weighted by atomic mass is 35.5. The topological polar surface area (TPSA) is 29.9 Å². The van der Waals surface area contributed by atoms with Gasteiger partial charge < -0.3 is 5.32 Å². The molecule has 0 bridgehead atoms. The van der Waals surface area contributed by atoms with Gasteiger partial charge in [0.2, 0.25) is 0 Å². The van der Waals surface area contributed by atoms with Crippen molar-refractivity contribution in [3.63, 3.8) is 0 Å². The van der Waals surface area contributed by atoms with E-state index in [1.807, 2.05) is 11.7 Å². The highest BCUT2D eigenvalue weighted by Crippen LogP contribution is 2.30. The molecule has 2 atom stereocenters. The number of halogens is 1. The third-order valence-electron chi connectivity index (χ3n) is 4.24. The molecule has 120 valence electrons. The molecule has 3 nitrogen and oxygen atoms in total. The van der Waals surface area contributed by atoms with Gasteiger partial charge in [-0.15, -0.1) is 0 Å². The van der Waals surface area contributed by atoms with E-state index in [0.29, 0.717) is 11.3 Å². The molecule has 1 aliphatic heterocycles. The van der Waals surface area contributed by atoms with Gasteiger partial charge in [0, 0.05) is 24.8 Å². The first-order valence-corrected chi connectivity index (χ1v) is 9.65. The van der Waals surface area contributed by atoms with Gasteiger partial charge in [-0.3, -0.25) is 4.68 Å². The van der Waals surface area contributed by atoms with Gasteiger partial charge in [0.1, 0.15) is 0 Å². The van der Waals surface area contributed by atoms with E-state index in [-0.39, 0.29) is 0 Å². The fourth-order valence-corrected chi connectivity index (χ4v) is 4.80. The molecular weight excluding hydrogens is 302 g/mol. The van der Waals surface area contributed by atoms with Crippen LogP contribution < -0.4 is 5.32 Å². The van der Waals surface area contributed by atoms with Crippen LogP contribution in [0.5, 0.6) is 0 Å². The zero-order valence-electron chi connectivity index (χ0n) is 13.5. The molecule has 0 saturated carbocycles. The number of thioether (sulfide) groups is 1. The minimum atomic E-state index is 0.507. The van der Waals surface area contributed by atoms with Crippen LogP contribution in [0, 0.1) is 0 Å². The zero-order chi connectivity index (χ0) is 15.2. The van der Waals surface area contributed by atoms with Crippen LogP contribution in [0.3, 0.4) is 0 Å². The molecule has 2 rings (SSSR count). The Morgan fingerprint density at radius 2 is 2.24 bits per heavy atom. The van der Waals surface area contributed by atoms with E-state index in [0.717, 1.165) is 30.1 Å². The van der Waals surface area contributed by atoms with Crippen molar-refractivity contribution in [2.45, 2.75) is 63.7 Å². The van der Waals surface area contributed by atoms with Crippen LogP contribution in [0.1, 0.15) is 50.9 Å². The number of hydrogen-bond acceptors (Lipinski definition) is 3. The van der Waals surface area contributed by atoms with Crippen molar-refractivity contribution in [1.82, 2.24) is 15.1 Å². The fraction of sp³-hybridized carbons (Fsp3) is 0.812. The SMILES string of the molecule is CCCNC(Cc1c(Cl)c(CC)nn1C)C1CCCCS1. The highest BCUT2D eigenvalue weighted by Gasteiger charge is 2.26. The van der Waals surface area contributed by atoms with Crippen molar-refractivity contribution >= 4 is 23.4 Å². The van der Waals surface area contributed by atoms with Gasteiger partial charge in [-0.25, -0.2) is 0 Å². The summed E-state index contributed by atoms with van der Waals surface area (Å²) in [7, 11) is 2.02. The molecule has 1 fully saturated rings. The predicted octanol–water partition coefficient (Wildman–Crippen LogP) is 3.83. The van der Waals surface area contributed by atoms with Gasteiger partial charge in [0.15, 0.2) is 0 Å². The van der Waals surface area contributed by atoms with E-state index < -0.39 is 0 Å². The summed E-state index contributed by atoms with van der Waals surface area (Å²) in [6.45, 7) is 5.42. The first-order valence-electron chi connectivity index (χ1n) is 8.22. The maximum absolute atomic E-state index is 6.53. The highest BCUT2D eigenvalue weighted by molar-refractivity contribution is 8.00. The molecule has 0 spiro atoms. The minimum Gasteiger partial charge on any atom is -0.312 e. The molecular formula is C16H28ClN3S. The summed E-state index contributed by atoms with van der Waals surface area (Å²) in [6, 6.07) is 0.507. The Kier molecular flexibility index (Phi) is 6.90. The Morgan fingerprint density at radius 3 is 2.81 bits per heavy atom. The summed E-state index contributed by atoms with van der Waals surface area (Å²) in [4.78, 5) is 0. The number of rotatable bonds is 7. The van der Waals surface area contributed by atoms with Crippen molar-refractivity contribution in [2.24, 2.45) is 7.05 Å². The second kappa shape index (κ2) is 8.44. The maximum Gasteiger partial charge on any atom is 0.0850 e. The summed E-state index contributed by atoms with van der Waals surface area (Å²) in [5.74, 6) is 1.30. The number of nitrogens with zero attached hydrogens (tertiary/aromatic N) is 2. The smallest absolute Gasteiger partial charge is 0.0850 e. The lowest BCUT2D eigenvalue weighted by Gasteiger charge is -2.30. The Hall–Kier alpha value is -0.190. The summed E-state index contributed by atoms with van der Waals surface area (Å²) in [6.07, 6.45) is 7.11. The van der Waals surface area contributed by atoms with E-state index >= 15 is 0 Å². The van der Waals surface area contributed by atoms with Crippen LogP contribution in [-0.2, 0) is 19.9 Å². The maximum atomic E-state index is 6.53. The summed E-state index contributed by atoms with van der Waals surface area (Å²) in [5.41, 5.74) is 2.22. The molecule has 1 saturated heterocycles. The molecule has 1 aromatic heterocycles. The number of aromatic nitrogens is 2. The van der Waals surface area contributed by atoms with E-state index in [1.165, 1.54) is 37.1 Å². The number of nitrogens with one attached hydrogen (secondary N) is 1. The molecule has 1 aliphatic rings. The van der Waals surface area contributed by atoms with Gasteiger partial charge in [-0.2, -0.15) is 16.9 Å². The number of aryl methyl sites for hydroxylation is 2. The molecule has 2 heterocycles. The molecule has 21 heavy (non-hydrogen) atoms. The van der Waals surface area contributed by atoms with Crippen LogP contribution in [-0.4, -0.2) is 33.4 Å². The molecule has 0 aromatic carbocycles. The van der Waals surface area contributed by atoms with Gasteiger partial charge in [-0.1, -0.05) is 31.9 Å². The van der Waals surface area contributed by atoms with Crippen LogP contribution in [0.25, 0.3) is 0 Å². The fourth-order valence-electron chi connectivity index (χ4n) is 3.00. The van der Waals surface area contributed by atoms with E-state index in [2.05, 4.69) is 36.0 Å². The minimum absolute atomic E-state index is 0.507. The Labute approximate surface area is 138 Å². The normalized spacial score (nSPS) is 20.7. The second-order valence-electron chi connectivity index (χ2n) is 5.85. The molecule has 0 aliphatic carbocycles. The van der Waals surface area contributed by atoms with Crippen LogP contribution in [0.15, 0.2) is 0 Å². The second-order valence-corrected chi connectivity index (χ2v) is 7.58. The summed E-state index contributed by atoms with van der Waals surface area (Å²) >= 11 is 8.66. The molecule has 0 amide bonds.